The molecule has 0 spiro atoms. The van der Waals surface area contributed by atoms with E-state index in [0.29, 0.717) is 0 Å². The van der Waals surface area contributed by atoms with Gasteiger partial charge in [-0.3, -0.25) is 14.5 Å². The number of primary amides is 2. The molecule has 0 aromatic heterocycles. The maximum atomic E-state index is 11.0. The molecule has 1 saturated heterocycles. The molecule has 0 radical (unpaired) electrons. The van der Waals surface area contributed by atoms with E-state index in [1.54, 1.807) is 0 Å². The molecule has 2 amide bonds. The minimum atomic E-state index is -0.815. The van der Waals surface area contributed by atoms with E-state index in [-0.39, 0.29) is 6.61 Å². The highest BCUT2D eigenvalue weighted by Gasteiger charge is 2.27. The fourth-order valence-corrected chi connectivity index (χ4v) is 1.50. The highest BCUT2D eigenvalue weighted by Crippen LogP contribution is 2.12. The summed E-state index contributed by atoms with van der Waals surface area (Å²) in [5.41, 5.74) is 10.1. The van der Waals surface area contributed by atoms with Crippen LogP contribution in [0.3, 0.4) is 0 Å². The predicted molar refractivity (Wildman–Crippen MR) is 48.9 cm³/mol. The van der Waals surface area contributed by atoms with Crippen molar-refractivity contribution >= 4 is 11.8 Å². The normalized spacial score (nSPS) is 19.4. The van der Waals surface area contributed by atoms with Crippen molar-refractivity contribution in [1.29, 1.82) is 0 Å². The number of rotatable bonds is 5. The molecule has 1 atom stereocenters. The molecular formula is C8H15N3O3. The highest BCUT2D eigenvalue weighted by atomic mass is 16.5. The van der Waals surface area contributed by atoms with Crippen molar-refractivity contribution in [3.63, 3.8) is 0 Å². The molecule has 0 aromatic carbocycles. The Bertz CT molecular complexity index is 226. The molecule has 1 aliphatic heterocycles. The average Bonchev–Trinajstić information content (AvgIpc) is 2.56. The Balaban J connectivity index is 2.45. The first-order valence-corrected chi connectivity index (χ1v) is 4.54. The quantitative estimate of drug-likeness (QED) is 0.559. The topological polar surface area (TPSA) is 98.6 Å². The van der Waals surface area contributed by atoms with Gasteiger partial charge >= 0.3 is 0 Å². The molecule has 14 heavy (non-hydrogen) atoms. The SMILES string of the molecule is NC(=O)COC(C(N)=O)N1CCCC1. The van der Waals surface area contributed by atoms with Crippen LogP contribution in [0.2, 0.25) is 0 Å². The fraction of sp³-hybridized carbons (Fsp3) is 0.750. The van der Waals surface area contributed by atoms with Crippen LogP contribution >= 0.6 is 0 Å². The Labute approximate surface area is 82.2 Å². The Kier molecular flexibility index (Phi) is 3.84. The number of carbonyl (C=O) groups is 2. The summed E-state index contributed by atoms with van der Waals surface area (Å²) >= 11 is 0. The molecule has 1 aliphatic rings. The van der Waals surface area contributed by atoms with Gasteiger partial charge in [0, 0.05) is 13.1 Å². The van der Waals surface area contributed by atoms with Crippen LogP contribution < -0.4 is 11.5 Å². The first-order chi connectivity index (χ1) is 6.61. The molecule has 1 fully saturated rings. The number of ether oxygens (including phenoxy) is 1. The number of amides is 2. The fourth-order valence-electron chi connectivity index (χ4n) is 1.50. The summed E-state index contributed by atoms with van der Waals surface area (Å²) in [5.74, 6) is -1.18. The first kappa shape index (κ1) is 10.9. The molecule has 0 aliphatic carbocycles. The number of hydrogen-bond acceptors (Lipinski definition) is 4. The Hall–Kier alpha value is -1.14. The van der Waals surface area contributed by atoms with Gasteiger partial charge in [-0.15, -0.1) is 0 Å². The number of nitrogens with zero attached hydrogens (tertiary/aromatic N) is 1. The van der Waals surface area contributed by atoms with Crippen LogP contribution in [0.4, 0.5) is 0 Å². The molecular weight excluding hydrogens is 186 g/mol. The van der Waals surface area contributed by atoms with Crippen molar-refractivity contribution in [3.05, 3.63) is 0 Å². The minimum Gasteiger partial charge on any atom is -0.368 e. The zero-order valence-electron chi connectivity index (χ0n) is 7.94. The van der Waals surface area contributed by atoms with Gasteiger partial charge in [0.05, 0.1) is 0 Å². The van der Waals surface area contributed by atoms with Crippen molar-refractivity contribution in [2.24, 2.45) is 11.5 Å². The van der Waals surface area contributed by atoms with E-state index < -0.39 is 18.0 Å². The molecule has 0 saturated carbocycles. The second kappa shape index (κ2) is 4.92. The lowest BCUT2D eigenvalue weighted by Crippen LogP contribution is -2.46. The maximum Gasteiger partial charge on any atom is 0.261 e. The zero-order valence-corrected chi connectivity index (χ0v) is 7.94. The van der Waals surface area contributed by atoms with Crippen LogP contribution in [-0.2, 0) is 14.3 Å². The van der Waals surface area contributed by atoms with Crippen molar-refractivity contribution in [2.45, 2.75) is 19.1 Å². The Morgan fingerprint density at radius 2 is 1.86 bits per heavy atom. The smallest absolute Gasteiger partial charge is 0.261 e. The van der Waals surface area contributed by atoms with Crippen LogP contribution in [0, 0.1) is 0 Å². The summed E-state index contributed by atoms with van der Waals surface area (Å²) in [6, 6.07) is 0. The maximum absolute atomic E-state index is 11.0. The van der Waals surface area contributed by atoms with Gasteiger partial charge in [0.15, 0.2) is 6.23 Å². The van der Waals surface area contributed by atoms with Gasteiger partial charge in [-0.05, 0) is 12.8 Å². The summed E-state index contributed by atoms with van der Waals surface area (Å²) in [6.45, 7) is 1.27. The third-order valence-corrected chi connectivity index (χ3v) is 2.10. The summed E-state index contributed by atoms with van der Waals surface area (Å²) in [7, 11) is 0. The standard InChI is InChI=1S/C8H15N3O3/c9-6(12)5-14-8(7(10)13)11-3-1-2-4-11/h8H,1-5H2,(H2,9,12)(H2,10,13). The number of hydrogen-bond donors (Lipinski definition) is 2. The van der Waals surface area contributed by atoms with Gasteiger partial charge in [0.1, 0.15) is 6.61 Å². The monoisotopic (exact) mass is 201 g/mol. The lowest BCUT2D eigenvalue weighted by atomic mass is 10.4. The van der Waals surface area contributed by atoms with Crippen LogP contribution in [0.1, 0.15) is 12.8 Å². The lowest BCUT2D eigenvalue weighted by Gasteiger charge is -2.23. The van der Waals surface area contributed by atoms with Gasteiger partial charge in [0.25, 0.3) is 5.91 Å². The first-order valence-electron chi connectivity index (χ1n) is 4.54. The van der Waals surface area contributed by atoms with Crippen molar-refractivity contribution in [1.82, 2.24) is 4.90 Å². The molecule has 6 heteroatoms. The Morgan fingerprint density at radius 1 is 1.29 bits per heavy atom. The van der Waals surface area contributed by atoms with Crippen LogP contribution in [-0.4, -0.2) is 42.6 Å². The van der Waals surface area contributed by atoms with Crippen molar-refractivity contribution in [2.75, 3.05) is 19.7 Å². The van der Waals surface area contributed by atoms with Crippen molar-refractivity contribution in [3.8, 4) is 0 Å². The molecule has 0 bridgehead atoms. The van der Waals surface area contributed by atoms with Gasteiger partial charge in [-0.2, -0.15) is 0 Å². The van der Waals surface area contributed by atoms with Gasteiger partial charge < -0.3 is 16.2 Å². The lowest BCUT2D eigenvalue weighted by molar-refractivity contribution is -0.146. The van der Waals surface area contributed by atoms with Gasteiger partial charge in [0.2, 0.25) is 5.91 Å². The van der Waals surface area contributed by atoms with E-state index in [1.165, 1.54) is 0 Å². The van der Waals surface area contributed by atoms with E-state index >= 15 is 0 Å². The average molecular weight is 201 g/mol. The summed E-state index contributed by atoms with van der Waals surface area (Å²) in [5, 5.41) is 0. The zero-order chi connectivity index (χ0) is 10.6. The number of nitrogens with two attached hydrogens (primary N) is 2. The van der Waals surface area contributed by atoms with Gasteiger partial charge in [-0.1, -0.05) is 0 Å². The van der Waals surface area contributed by atoms with Gasteiger partial charge in [-0.25, -0.2) is 0 Å². The predicted octanol–water partition coefficient (Wildman–Crippen LogP) is -1.60. The van der Waals surface area contributed by atoms with Crippen LogP contribution in [0.5, 0.6) is 0 Å². The summed E-state index contributed by atoms with van der Waals surface area (Å²) in [4.78, 5) is 23.3. The number of carbonyl (C=O) groups excluding carboxylic acids is 2. The molecule has 1 rings (SSSR count). The third-order valence-electron chi connectivity index (χ3n) is 2.10. The Morgan fingerprint density at radius 3 is 2.29 bits per heavy atom. The van der Waals surface area contributed by atoms with E-state index in [4.69, 9.17) is 16.2 Å². The van der Waals surface area contributed by atoms with Crippen LogP contribution in [0.25, 0.3) is 0 Å². The van der Waals surface area contributed by atoms with E-state index in [0.717, 1.165) is 25.9 Å². The van der Waals surface area contributed by atoms with Crippen LogP contribution in [0.15, 0.2) is 0 Å². The highest BCUT2D eigenvalue weighted by molar-refractivity contribution is 5.79. The summed E-state index contributed by atoms with van der Waals surface area (Å²) < 4.78 is 5.03. The largest absolute Gasteiger partial charge is 0.368 e. The molecule has 4 N–H and O–H groups in total. The third kappa shape index (κ3) is 2.97. The van der Waals surface area contributed by atoms with E-state index in [9.17, 15) is 9.59 Å². The molecule has 1 unspecified atom stereocenters. The van der Waals surface area contributed by atoms with E-state index in [2.05, 4.69) is 0 Å². The second-order valence-electron chi connectivity index (χ2n) is 3.28. The molecule has 1 heterocycles. The minimum absolute atomic E-state index is 0.274. The molecule has 6 nitrogen and oxygen atoms in total. The summed E-state index contributed by atoms with van der Waals surface area (Å²) in [6.07, 6.45) is 1.22. The second-order valence-corrected chi connectivity index (χ2v) is 3.28. The van der Waals surface area contributed by atoms with Crippen molar-refractivity contribution < 1.29 is 14.3 Å². The molecule has 80 valence electrons. The molecule has 0 aromatic rings. The number of likely N-dealkylation sites (tertiary alicyclic amines) is 1. The van der Waals surface area contributed by atoms with E-state index in [1.807, 2.05) is 4.90 Å².